The highest BCUT2D eigenvalue weighted by atomic mass is 16.5. The van der Waals surface area contributed by atoms with Crippen LogP contribution in [0.5, 0.6) is 5.75 Å². The summed E-state index contributed by atoms with van der Waals surface area (Å²) in [6, 6.07) is 15.0. The SMILES string of the molecule is Cc1ccccc1CNC(=O)C(C)(C)C(=O)Nc1ccccc1OC(C)C. The number of nitrogens with one attached hydrogen (secondary N) is 2. The van der Waals surface area contributed by atoms with Gasteiger partial charge in [0.1, 0.15) is 11.2 Å². The third kappa shape index (κ3) is 5.33. The second-order valence-electron chi connectivity index (χ2n) is 7.35. The lowest BCUT2D eigenvalue weighted by Gasteiger charge is -2.24. The molecule has 0 aromatic heterocycles. The zero-order valence-electron chi connectivity index (χ0n) is 16.6. The van der Waals surface area contributed by atoms with E-state index >= 15 is 0 Å². The summed E-state index contributed by atoms with van der Waals surface area (Å²) in [6.07, 6.45) is -0.0199. The van der Waals surface area contributed by atoms with Crippen LogP contribution < -0.4 is 15.4 Å². The predicted octanol–water partition coefficient (Wildman–Crippen LogP) is 4.06. The predicted molar refractivity (Wildman–Crippen MR) is 108 cm³/mol. The molecule has 0 aliphatic heterocycles. The first kappa shape index (κ1) is 20.5. The van der Waals surface area contributed by atoms with E-state index in [0.29, 0.717) is 18.0 Å². The number of hydrogen-bond acceptors (Lipinski definition) is 3. The highest BCUT2D eigenvalue weighted by Crippen LogP contribution is 2.27. The van der Waals surface area contributed by atoms with Gasteiger partial charge in [0.2, 0.25) is 11.8 Å². The van der Waals surface area contributed by atoms with E-state index in [1.165, 1.54) is 0 Å². The van der Waals surface area contributed by atoms with Gasteiger partial charge in [-0.25, -0.2) is 0 Å². The van der Waals surface area contributed by atoms with E-state index in [9.17, 15) is 9.59 Å². The number of para-hydroxylation sites is 2. The number of rotatable bonds is 7. The van der Waals surface area contributed by atoms with E-state index in [0.717, 1.165) is 11.1 Å². The summed E-state index contributed by atoms with van der Waals surface area (Å²) >= 11 is 0. The van der Waals surface area contributed by atoms with E-state index in [1.807, 2.05) is 57.2 Å². The Balaban J connectivity index is 2.06. The van der Waals surface area contributed by atoms with Gasteiger partial charge in [0, 0.05) is 6.54 Å². The summed E-state index contributed by atoms with van der Waals surface area (Å²) in [6.45, 7) is 9.44. The highest BCUT2D eigenvalue weighted by molar-refractivity contribution is 6.10. The molecule has 0 aliphatic rings. The summed E-state index contributed by atoms with van der Waals surface area (Å²) in [7, 11) is 0. The van der Waals surface area contributed by atoms with Gasteiger partial charge in [0.05, 0.1) is 11.8 Å². The van der Waals surface area contributed by atoms with Crippen LogP contribution in [0, 0.1) is 12.3 Å². The summed E-state index contributed by atoms with van der Waals surface area (Å²) in [5, 5.41) is 5.68. The highest BCUT2D eigenvalue weighted by Gasteiger charge is 2.36. The van der Waals surface area contributed by atoms with E-state index in [2.05, 4.69) is 10.6 Å². The van der Waals surface area contributed by atoms with Crippen LogP contribution >= 0.6 is 0 Å². The summed E-state index contributed by atoms with van der Waals surface area (Å²) in [5.74, 6) is -0.132. The summed E-state index contributed by atoms with van der Waals surface area (Å²) in [4.78, 5) is 25.4. The molecule has 0 aliphatic carbocycles. The number of aryl methyl sites for hydroxylation is 1. The monoisotopic (exact) mass is 368 g/mol. The molecule has 5 heteroatoms. The smallest absolute Gasteiger partial charge is 0.239 e. The van der Waals surface area contributed by atoms with Crippen molar-refractivity contribution in [2.24, 2.45) is 5.41 Å². The van der Waals surface area contributed by atoms with E-state index < -0.39 is 5.41 Å². The Kier molecular flexibility index (Phi) is 6.61. The van der Waals surface area contributed by atoms with Crippen molar-refractivity contribution in [3.8, 4) is 5.75 Å². The molecular formula is C22H28N2O3. The standard InChI is InChI=1S/C22H28N2O3/c1-15(2)27-19-13-9-8-12-18(19)24-21(26)22(4,5)20(25)23-14-17-11-7-6-10-16(17)3/h6-13,15H,14H2,1-5H3,(H,23,25)(H,24,26). The first-order valence-electron chi connectivity index (χ1n) is 9.11. The topological polar surface area (TPSA) is 67.4 Å². The van der Waals surface area contributed by atoms with Crippen molar-refractivity contribution in [1.82, 2.24) is 5.32 Å². The minimum Gasteiger partial charge on any atom is -0.489 e. The molecule has 2 aromatic rings. The Bertz CT molecular complexity index is 813. The van der Waals surface area contributed by atoms with Crippen LogP contribution in [0.1, 0.15) is 38.8 Å². The van der Waals surface area contributed by atoms with Crippen LogP contribution in [-0.4, -0.2) is 17.9 Å². The van der Waals surface area contributed by atoms with Gasteiger partial charge < -0.3 is 15.4 Å². The van der Waals surface area contributed by atoms with Crippen LogP contribution in [0.15, 0.2) is 48.5 Å². The van der Waals surface area contributed by atoms with Crippen LogP contribution in [0.3, 0.4) is 0 Å². The molecule has 5 nitrogen and oxygen atoms in total. The molecular weight excluding hydrogens is 340 g/mol. The molecule has 2 amide bonds. The third-order valence-corrected chi connectivity index (χ3v) is 4.33. The molecule has 0 fully saturated rings. The molecule has 2 aromatic carbocycles. The number of benzene rings is 2. The lowest BCUT2D eigenvalue weighted by Crippen LogP contribution is -2.45. The van der Waals surface area contributed by atoms with Crippen molar-refractivity contribution >= 4 is 17.5 Å². The lowest BCUT2D eigenvalue weighted by molar-refractivity contribution is -0.138. The maximum absolute atomic E-state index is 12.8. The van der Waals surface area contributed by atoms with Gasteiger partial charge in [0.15, 0.2) is 0 Å². The quantitative estimate of drug-likeness (QED) is 0.724. The Labute approximate surface area is 161 Å². The number of anilines is 1. The first-order chi connectivity index (χ1) is 12.7. The van der Waals surface area contributed by atoms with Gasteiger partial charge in [-0.2, -0.15) is 0 Å². The summed E-state index contributed by atoms with van der Waals surface area (Å²) < 4.78 is 5.72. The number of carbonyl (C=O) groups is 2. The molecule has 0 atom stereocenters. The maximum atomic E-state index is 12.8. The molecule has 144 valence electrons. The van der Waals surface area contributed by atoms with E-state index in [1.54, 1.807) is 26.0 Å². The molecule has 0 saturated carbocycles. The molecule has 2 N–H and O–H groups in total. The van der Waals surface area contributed by atoms with Crippen molar-refractivity contribution in [2.45, 2.75) is 47.3 Å². The van der Waals surface area contributed by atoms with Crippen LogP contribution in [0.25, 0.3) is 0 Å². The van der Waals surface area contributed by atoms with Gasteiger partial charge >= 0.3 is 0 Å². The van der Waals surface area contributed by atoms with Gasteiger partial charge in [0.25, 0.3) is 0 Å². The fraction of sp³-hybridized carbons (Fsp3) is 0.364. The molecule has 27 heavy (non-hydrogen) atoms. The van der Waals surface area contributed by atoms with E-state index in [4.69, 9.17) is 4.74 Å². The number of amides is 2. The Hall–Kier alpha value is -2.82. The minimum absolute atomic E-state index is 0.0199. The summed E-state index contributed by atoms with van der Waals surface area (Å²) in [5.41, 5.74) is 1.45. The fourth-order valence-electron chi connectivity index (χ4n) is 2.51. The second-order valence-corrected chi connectivity index (χ2v) is 7.35. The zero-order valence-corrected chi connectivity index (χ0v) is 16.6. The van der Waals surface area contributed by atoms with E-state index in [-0.39, 0.29) is 17.9 Å². The molecule has 0 radical (unpaired) electrons. The molecule has 0 saturated heterocycles. The number of carbonyl (C=O) groups excluding carboxylic acids is 2. The molecule has 2 rings (SSSR count). The average Bonchev–Trinajstić information content (AvgIpc) is 2.61. The average molecular weight is 368 g/mol. The normalized spacial score (nSPS) is 11.2. The molecule has 0 heterocycles. The maximum Gasteiger partial charge on any atom is 0.239 e. The Morgan fingerprint density at radius 1 is 1.00 bits per heavy atom. The largest absolute Gasteiger partial charge is 0.489 e. The lowest BCUT2D eigenvalue weighted by atomic mass is 9.90. The Morgan fingerprint density at radius 3 is 2.30 bits per heavy atom. The van der Waals surface area contributed by atoms with Crippen molar-refractivity contribution in [3.63, 3.8) is 0 Å². The minimum atomic E-state index is -1.23. The van der Waals surface area contributed by atoms with Crippen molar-refractivity contribution in [3.05, 3.63) is 59.7 Å². The number of hydrogen-bond donors (Lipinski definition) is 2. The molecule has 0 spiro atoms. The van der Waals surface area contributed by atoms with Crippen molar-refractivity contribution < 1.29 is 14.3 Å². The second kappa shape index (κ2) is 8.71. The van der Waals surface area contributed by atoms with Gasteiger partial charge in [-0.15, -0.1) is 0 Å². The fourth-order valence-corrected chi connectivity index (χ4v) is 2.51. The van der Waals surface area contributed by atoms with Crippen LogP contribution in [0.4, 0.5) is 5.69 Å². The number of ether oxygens (including phenoxy) is 1. The Morgan fingerprint density at radius 2 is 1.63 bits per heavy atom. The van der Waals surface area contributed by atoms with Gasteiger partial charge in [-0.1, -0.05) is 36.4 Å². The van der Waals surface area contributed by atoms with Crippen LogP contribution in [-0.2, 0) is 16.1 Å². The van der Waals surface area contributed by atoms with Gasteiger partial charge in [-0.3, -0.25) is 9.59 Å². The van der Waals surface area contributed by atoms with Crippen molar-refractivity contribution in [2.75, 3.05) is 5.32 Å². The van der Waals surface area contributed by atoms with Gasteiger partial charge in [-0.05, 0) is 57.9 Å². The third-order valence-electron chi connectivity index (χ3n) is 4.33. The van der Waals surface area contributed by atoms with Crippen LogP contribution in [0.2, 0.25) is 0 Å². The molecule has 0 bridgehead atoms. The van der Waals surface area contributed by atoms with Crippen molar-refractivity contribution in [1.29, 1.82) is 0 Å². The zero-order chi connectivity index (χ0) is 20.0. The first-order valence-corrected chi connectivity index (χ1v) is 9.11. The molecule has 0 unspecified atom stereocenters.